The topological polar surface area (TPSA) is 61.3 Å². The molecule has 0 aliphatic carbocycles. The summed E-state index contributed by atoms with van der Waals surface area (Å²) in [5.74, 6) is 1.65. The van der Waals surface area contributed by atoms with E-state index in [0.717, 1.165) is 35.4 Å². The minimum atomic E-state index is 0.267. The summed E-state index contributed by atoms with van der Waals surface area (Å²) in [6.07, 6.45) is 3.35. The normalized spacial score (nSPS) is 18.4. The van der Waals surface area contributed by atoms with Gasteiger partial charge >= 0.3 is 0 Å². The van der Waals surface area contributed by atoms with E-state index < -0.39 is 0 Å². The molecule has 22 heavy (non-hydrogen) atoms. The van der Waals surface area contributed by atoms with Crippen LogP contribution >= 0.6 is 0 Å². The van der Waals surface area contributed by atoms with Gasteiger partial charge in [0.1, 0.15) is 5.58 Å². The Morgan fingerprint density at radius 1 is 1.27 bits per heavy atom. The maximum absolute atomic E-state index is 5.68. The van der Waals surface area contributed by atoms with Crippen LogP contribution in [0.1, 0.15) is 40.7 Å². The van der Waals surface area contributed by atoms with Crippen LogP contribution in [0.5, 0.6) is 0 Å². The summed E-state index contributed by atoms with van der Waals surface area (Å²) >= 11 is 0. The lowest BCUT2D eigenvalue weighted by molar-refractivity contribution is 0.192. The van der Waals surface area contributed by atoms with E-state index in [2.05, 4.69) is 36.1 Å². The molecule has 5 nitrogen and oxygen atoms in total. The minimum absolute atomic E-state index is 0.267. The van der Waals surface area contributed by atoms with Gasteiger partial charge in [-0.05, 0) is 37.5 Å². The van der Waals surface area contributed by atoms with Gasteiger partial charge in [0, 0.05) is 23.5 Å². The number of aryl methyl sites for hydroxylation is 2. The lowest BCUT2D eigenvalue weighted by atomic mass is 10.0. The second-order valence-electron chi connectivity index (χ2n) is 6.00. The third-order valence-electron chi connectivity index (χ3n) is 4.21. The van der Waals surface area contributed by atoms with Crippen molar-refractivity contribution in [2.75, 3.05) is 13.2 Å². The van der Waals surface area contributed by atoms with E-state index in [4.69, 9.17) is 13.7 Å². The van der Waals surface area contributed by atoms with Gasteiger partial charge in [-0.2, -0.15) is 4.98 Å². The highest BCUT2D eigenvalue weighted by atomic mass is 16.5. The van der Waals surface area contributed by atoms with Gasteiger partial charge in [-0.1, -0.05) is 11.2 Å². The van der Waals surface area contributed by atoms with Crippen molar-refractivity contribution in [1.82, 2.24) is 10.1 Å². The number of fused-ring (bicyclic) bond motifs is 1. The lowest BCUT2D eigenvalue weighted by Crippen LogP contribution is -2.00. The number of hydrogen-bond acceptors (Lipinski definition) is 5. The number of benzene rings is 1. The van der Waals surface area contributed by atoms with Crippen molar-refractivity contribution in [3.8, 4) is 0 Å². The van der Waals surface area contributed by atoms with Crippen molar-refractivity contribution >= 4 is 11.0 Å². The highest BCUT2D eigenvalue weighted by Gasteiger charge is 2.23. The van der Waals surface area contributed by atoms with Crippen LogP contribution in [0, 0.1) is 13.8 Å². The third-order valence-corrected chi connectivity index (χ3v) is 4.21. The first-order chi connectivity index (χ1) is 10.7. The predicted molar refractivity (Wildman–Crippen MR) is 81.0 cm³/mol. The first-order valence-electron chi connectivity index (χ1n) is 7.58. The Hall–Kier alpha value is -2.14. The molecule has 0 spiro atoms. The van der Waals surface area contributed by atoms with Crippen LogP contribution in [0.2, 0.25) is 0 Å². The Labute approximate surface area is 128 Å². The van der Waals surface area contributed by atoms with Crippen LogP contribution in [0.4, 0.5) is 0 Å². The molecule has 3 heterocycles. The Balaban J connectivity index is 1.63. The largest absolute Gasteiger partial charge is 0.464 e. The van der Waals surface area contributed by atoms with E-state index in [1.54, 1.807) is 6.26 Å². The standard InChI is InChI=1S/C17H18N2O3/c1-10-5-11(2)16-13(9-21-14(16)6-10)7-15-18-17(19-22-15)12-3-4-20-8-12/h5-6,9,12H,3-4,7-8H2,1-2H3/t12-/m1/s1. The molecule has 0 amide bonds. The van der Waals surface area contributed by atoms with E-state index in [1.165, 1.54) is 11.1 Å². The molecule has 1 aliphatic rings. The highest BCUT2D eigenvalue weighted by molar-refractivity contribution is 5.85. The smallest absolute Gasteiger partial charge is 0.231 e. The van der Waals surface area contributed by atoms with Gasteiger partial charge in [-0.15, -0.1) is 0 Å². The van der Waals surface area contributed by atoms with Gasteiger partial charge in [0.15, 0.2) is 5.82 Å². The molecule has 0 bridgehead atoms. The van der Waals surface area contributed by atoms with Crippen molar-refractivity contribution in [3.63, 3.8) is 0 Å². The Kier molecular flexibility index (Phi) is 3.22. The Bertz CT molecular complexity index is 813. The number of aromatic nitrogens is 2. The molecular formula is C17H18N2O3. The van der Waals surface area contributed by atoms with Crippen molar-refractivity contribution in [1.29, 1.82) is 0 Å². The van der Waals surface area contributed by atoms with Gasteiger partial charge in [-0.25, -0.2) is 0 Å². The number of ether oxygens (including phenoxy) is 1. The van der Waals surface area contributed by atoms with Gasteiger partial charge < -0.3 is 13.7 Å². The zero-order valence-electron chi connectivity index (χ0n) is 12.8. The molecule has 0 saturated carbocycles. The number of rotatable bonds is 3. The maximum atomic E-state index is 5.68. The molecule has 114 valence electrons. The molecule has 1 atom stereocenters. The summed E-state index contributed by atoms with van der Waals surface area (Å²) < 4.78 is 16.5. The quantitative estimate of drug-likeness (QED) is 0.740. The van der Waals surface area contributed by atoms with E-state index >= 15 is 0 Å². The summed E-state index contributed by atoms with van der Waals surface area (Å²) in [5.41, 5.74) is 4.41. The number of nitrogens with zero attached hydrogens (tertiary/aromatic N) is 2. The van der Waals surface area contributed by atoms with Crippen LogP contribution in [0.3, 0.4) is 0 Å². The second kappa shape index (κ2) is 5.25. The first-order valence-corrected chi connectivity index (χ1v) is 7.58. The van der Waals surface area contributed by atoms with Crippen LogP contribution in [-0.4, -0.2) is 23.4 Å². The monoisotopic (exact) mass is 298 g/mol. The van der Waals surface area contributed by atoms with Gasteiger partial charge in [0.05, 0.1) is 19.3 Å². The average Bonchev–Trinajstić information content (AvgIpc) is 3.19. The Morgan fingerprint density at radius 2 is 2.18 bits per heavy atom. The molecule has 1 aliphatic heterocycles. The molecule has 0 N–H and O–H groups in total. The molecule has 2 aromatic heterocycles. The predicted octanol–water partition coefficient (Wildman–Crippen LogP) is 3.53. The van der Waals surface area contributed by atoms with E-state index in [0.29, 0.717) is 18.9 Å². The zero-order valence-corrected chi connectivity index (χ0v) is 12.8. The minimum Gasteiger partial charge on any atom is -0.464 e. The van der Waals surface area contributed by atoms with Crippen LogP contribution < -0.4 is 0 Å². The van der Waals surface area contributed by atoms with Gasteiger partial charge in [0.25, 0.3) is 0 Å². The SMILES string of the molecule is Cc1cc(C)c2c(Cc3nc([C@@H]4CCOC4)no3)coc2c1. The number of hydrogen-bond donors (Lipinski definition) is 0. The molecule has 3 aromatic rings. The summed E-state index contributed by atoms with van der Waals surface area (Å²) in [4.78, 5) is 4.52. The molecule has 4 rings (SSSR count). The van der Waals surface area contributed by atoms with Crippen LogP contribution in [-0.2, 0) is 11.2 Å². The molecule has 5 heteroatoms. The van der Waals surface area contributed by atoms with Gasteiger partial charge in [-0.3, -0.25) is 0 Å². The first kappa shape index (κ1) is 13.5. The molecular weight excluding hydrogens is 280 g/mol. The fraction of sp³-hybridized carbons (Fsp3) is 0.412. The summed E-state index contributed by atoms with van der Waals surface area (Å²) in [6.45, 7) is 5.64. The van der Waals surface area contributed by atoms with Crippen molar-refractivity contribution in [3.05, 3.63) is 46.8 Å². The average molecular weight is 298 g/mol. The van der Waals surface area contributed by atoms with E-state index in [-0.39, 0.29) is 5.92 Å². The fourth-order valence-corrected chi connectivity index (χ4v) is 3.16. The molecule has 0 unspecified atom stereocenters. The van der Waals surface area contributed by atoms with Crippen LogP contribution in [0.15, 0.2) is 27.3 Å². The molecule has 1 saturated heterocycles. The second-order valence-corrected chi connectivity index (χ2v) is 6.00. The van der Waals surface area contributed by atoms with Crippen molar-refractivity contribution in [2.24, 2.45) is 0 Å². The molecule has 1 fully saturated rings. The van der Waals surface area contributed by atoms with Crippen molar-refractivity contribution < 1.29 is 13.7 Å². The van der Waals surface area contributed by atoms with Gasteiger partial charge in [0.2, 0.25) is 5.89 Å². The summed E-state index contributed by atoms with van der Waals surface area (Å²) in [6, 6.07) is 4.22. The molecule has 1 aromatic carbocycles. The summed E-state index contributed by atoms with van der Waals surface area (Å²) in [7, 11) is 0. The fourth-order valence-electron chi connectivity index (χ4n) is 3.16. The van der Waals surface area contributed by atoms with Crippen molar-refractivity contribution in [2.45, 2.75) is 32.6 Å². The maximum Gasteiger partial charge on any atom is 0.231 e. The molecule has 0 radical (unpaired) electrons. The van der Waals surface area contributed by atoms with E-state index in [9.17, 15) is 0 Å². The third kappa shape index (κ3) is 2.31. The lowest BCUT2D eigenvalue weighted by Gasteiger charge is -2.00. The Morgan fingerprint density at radius 3 is 3.00 bits per heavy atom. The van der Waals surface area contributed by atoms with Crippen LogP contribution in [0.25, 0.3) is 11.0 Å². The highest BCUT2D eigenvalue weighted by Crippen LogP contribution is 2.28. The van der Waals surface area contributed by atoms with E-state index in [1.807, 2.05) is 0 Å². The summed E-state index contributed by atoms with van der Waals surface area (Å²) in [5, 5.41) is 5.25. The number of furan rings is 1. The zero-order chi connectivity index (χ0) is 15.1.